The van der Waals surface area contributed by atoms with E-state index in [9.17, 15) is 14.0 Å². The Morgan fingerprint density at radius 2 is 1.85 bits per heavy atom. The highest BCUT2D eigenvalue weighted by atomic mass is 19.1. The quantitative estimate of drug-likeness (QED) is 0.817. The number of nitrogens with one attached hydrogen (secondary N) is 2. The third kappa shape index (κ3) is 4.49. The van der Waals surface area contributed by atoms with E-state index in [1.165, 1.54) is 42.7 Å². The Balaban J connectivity index is 1.19. The van der Waals surface area contributed by atoms with Crippen LogP contribution in [0.4, 0.5) is 10.1 Å². The van der Waals surface area contributed by atoms with E-state index in [4.69, 9.17) is 0 Å². The van der Waals surface area contributed by atoms with Gasteiger partial charge in [0.15, 0.2) is 6.54 Å². The van der Waals surface area contributed by atoms with Crippen LogP contribution in [0.2, 0.25) is 0 Å². The van der Waals surface area contributed by atoms with Crippen LogP contribution in [0.1, 0.15) is 32.1 Å². The van der Waals surface area contributed by atoms with Gasteiger partial charge in [-0.25, -0.2) is 4.39 Å². The van der Waals surface area contributed by atoms with E-state index in [-0.39, 0.29) is 11.7 Å². The average molecular weight is 374 g/mol. The van der Waals surface area contributed by atoms with Gasteiger partial charge in [0.25, 0.3) is 5.91 Å². The van der Waals surface area contributed by atoms with Gasteiger partial charge in [0.05, 0.1) is 26.2 Å². The molecule has 1 saturated heterocycles. The van der Waals surface area contributed by atoms with Crippen molar-refractivity contribution in [2.45, 2.75) is 32.1 Å². The molecule has 2 bridgehead atoms. The summed E-state index contributed by atoms with van der Waals surface area (Å²) < 4.78 is 12.9. The maximum absolute atomic E-state index is 12.9. The normalized spacial score (nSPS) is 27.7. The number of halogens is 1. The van der Waals surface area contributed by atoms with Crippen molar-refractivity contribution in [1.82, 2.24) is 4.90 Å². The van der Waals surface area contributed by atoms with Gasteiger partial charge in [-0.3, -0.25) is 9.59 Å². The Morgan fingerprint density at radius 1 is 1.11 bits per heavy atom. The maximum atomic E-state index is 12.9. The van der Waals surface area contributed by atoms with Gasteiger partial charge in [-0.05, 0) is 61.3 Å². The lowest BCUT2D eigenvalue weighted by atomic mass is 9.86. The molecular formula is C21H29FN3O2+. The Bertz CT molecular complexity index is 685. The topological polar surface area (TPSA) is 53.9 Å². The van der Waals surface area contributed by atoms with Crippen molar-refractivity contribution in [2.24, 2.45) is 17.8 Å². The molecule has 1 heterocycles. The molecule has 0 spiro atoms. The summed E-state index contributed by atoms with van der Waals surface area (Å²) in [5.41, 5.74) is 0.612. The van der Waals surface area contributed by atoms with Crippen molar-refractivity contribution in [3.8, 4) is 0 Å². The number of nitrogens with zero attached hydrogens (tertiary/aromatic N) is 1. The predicted molar refractivity (Wildman–Crippen MR) is 101 cm³/mol. The van der Waals surface area contributed by atoms with Gasteiger partial charge in [0, 0.05) is 12.1 Å². The van der Waals surface area contributed by atoms with Crippen molar-refractivity contribution in [3.05, 3.63) is 30.1 Å². The standard InChI is InChI=1S/C21H28FN3O2/c22-18-3-5-19(6-4-18)23-20(26)14-24-7-9-25(10-8-24)21(27)13-17-12-15-1-2-16(17)11-15/h3-6,15-17H,1-2,7-14H2,(H,23,26)/p+1/t15-,16-,17+/m1/s1. The Morgan fingerprint density at radius 3 is 2.48 bits per heavy atom. The first-order valence-electron chi connectivity index (χ1n) is 10.2. The summed E-state index contributed by atoms with van der Waals surface area (Å²) in [6, 6.07) is 5.80. The van der Waals surface area contributed by atoms with Gasteiger partial charge in [-0.15, -0.1) is 0 Å². The monoisotopic (exact) mass is 374 g/mol. The zero-order valence-electron chi connectivity index (χ0n) is 15.8. The molecule has 0 unspecified atom stereocenters. The van der Waals surface area contributed by atoms with E-state index in [1.54, 1.807) is 12.1 Å². The molecule has 1 aromatic carbocycles. The molecule has 2 aliphatic carbocycles. The van der Waals surface area contributed by atoms with E-state index in [0.717, 1.165) is 44.4 Å². The fraction of sp³-hybridized carbons (Fsp3) is 0.619. The largest absolute Gasteiger partial charge is 0.331 e. The first kappa shape index (κ1) is 18.4. The molecule has 2 N–H and O–H groups in total. The molecule has 0 radical (unpaired) electrons. The van der Waals surface area contributed by atoms with Crippen LogP contribution in [-0.4, -0.2) is 49.4 Å². The van der Waals surface area contributed by atoms with Crippen LogP contribution in [-0.2, 0) is 9.59 Å². The van der Waals surface area contributed by atoms with Gasteiger partial charge < -0.3 is 15.1 Å². The third-order valence-corrected chi connectivity index (χ3v) is 6.68. The molecule has 27 heavy (non-hydrogen) atoms. The first-order chi connectivity index (χ1) is 13.1. The Kier molecular flexibility index (Phi) is 5.43. The zero-order chi connectivity index (χ0) is 18.8. The van der Waals surface area contributed by atoms with Crippen molar-refractivity contribution in [3.63, 3.8) is 0 Å². The lowest BCUT2D eigenvalue weighted by molar-refractivity contribution is -0.895. The van der Waals surface area contributed by atoms with Crippen LogP contribution in [0.15, 0.2) is 24.3 Å². The fourth-order valence-corrected chi connectivity index (χ4v) is 5.19. The van der Waals surface area contributed by atoms with Crippen LogP contribution in [0, 0.1) is 23.6 Å². The van der Waals surface area contributed by atoms with Crippen LogP contribution < -0.4 is 10.2 Å². The number of benzene rings is 1. The lowest BCUT2D eigenvalue weighted by Gasteiger charge is -2.33. The van der Waals surface area contributed by atoms with Gasteiger partial charge in [-0.1, -0.05) is 6.42 Å². The molecule has 146 valence electrons. The molecule has 0 aromatic heterocycles. The Hall–Kier alpha value is -1.95. The van der Waals surface area contributed by atoms with Crippen LogP contribution in [0.3, 0.4) is 0 Å². The van der Waals surface area contributed by atoms with E-state index in [0.29, 0.717) is 24.1 Å². The van der Waals surface area contributed by atoms with Crippen LogP contribution in [0.5, 0.6) is 0 Å². The second-order valence-corrected chi connectivity index (χ2v) is 8.50. The molecule has 5 nitrogen and oxygen atoms in total. The highest BCUT2D eigenvalue weighted by Gasteiger charge is 2.41. The number of quaternary nitrogens is 1. The molecule has 1 aliphatic heterocycles. The van der Waals surface area contributed by atoms with E-state index in [1.807, 2.05) is 4.90 Å². The smallest absolute Gasteiger partial charge is 0.279 e. The molecule has 6 heteroatoms. The minimum atomic E-state index is -0.315. The number of fused-ring (bicyclic) bond motifs is 2. The van der Waals surface area contributed by atoms with E-state index < -0.39 is 0 Å². The molecule has 3 fully saturated rings. The van der Waals surface area contributed by atoms with Gasteiger partial charge in [-0.2, -0.15) is 0 Å². The number of rotatable bonds is 5. The number of amides is 2. The maximum Gasteiger partial charge on any atom is 0.279 e. The number of anilines is 1. The lowest BCUT2D eigenvalue weighted by Crippen LogP contribution is -3.15. The summed E-state index contributed by atoms with van der Waals surface area (Å²) >= 11 is 0. The first-order valence-corrected chi connectivity index (χ1v) is 10.2. The molecule has 4 rings (SSSR count). The molecule has 2 saturated carbocycles. The summed E-state index contributed by atoms with van der Waals surface area (Å²) in [4.78, 5) is 28.0. The summed E-state index contributed by atoms with van der Waals surface area (Å²) in [7, 11) is 0. The van der Waals surface area contributed by atoms with Crippen molar-refractivity contribution in [1.29, 1.82) is 0 Å². The summed E-state index contributed by atoms with van der Waals surface area (Å²) in [6.07, 6.45) is 6.02. The fourth-order valence-electron chi connectivity index (χ4n) is 5.19. The van der Waals surface area contributed by atoms with Gasteiger partial charge in [0.1, 0.15) is 5.82 Å². The summed E-state index contributed by atoms with van der Waals surface area (Å²) in [5, 5.41) is 2.81. The molecule has 3 aliphatic rings. The molecule has 1 aromatic rings. The van der Waals surface area contributed by atoms with Gasteiger partial charge >= 0.3 is 0 Å². The number of carbonyl (C=O) groups is 2. The second-order valence-electron chi connectivity index (χ2n) is 8.50. The average Bonchev–Trinajstić information content (AvgIpc) is 3.27. The highest BCUT2D eigenvalue weighted by molar-refractivity contribution is 5.91. The van der Waals surface area contributed by atoms with E-state index >= 15 is 0 Å². The third-order valence-electron chi connectivity index (χ3n) is 6.68. The van der Waals surface area contributed by atoms with Crippen molar-refractivity contribution < 1.29 is 18.9 Å². The number of carbonyl (C=O) groups excluding carboxylic acids is 2. The van der Waals surface area contributed by atoms with Crippen molar-refractivity contribution in [2.75, 3.05) is 38.0 Å². The SMILES string of the molecule is O=C(C[NH+]1CCN(C(=O)C[C@@H]2C[C@@H]3CC[C@@H]2C3)CC1)Nc1ccc(F)cc1. The molecular weight excluding hydrogens is 345 g/mol. The minimum Gasteiger partial charge on any atom is -0.331 e. The molecule has 3 atom stereocenters. The highest BCUT2D eigenvalue weighted by Crippen LogP contribution is 2.49. The number of piperazine rings is 1. The number of hydrogen-bond donors (Lipinski definition) is 2. The van der Waals surface area contributed by atoms with Crippen molar-refractivity contribution >= 4 is 17.5 Å². The van der Waals surface area contributed by atoms with Crippen LogP contribution in [0.25, 0.3) is 0 Å². The van der Waals surface area contributed by atoms with Crippen LogP contribution >= 0.6 is 0 Å². The van der Waals surface area contributed by atoms with Gasteiger partial charge in [0.2, 0.25) is 5.91 Å². The zero-order valence-corrected chi connectivity index (χ0v) is 15.8. The van der Waals surface area contributed by atoms with E-state index in [2.05, 4.69) is 5.32 Å². The second kappa shape index (κ2) is 7.97. The molecule has 2 amide bonds. The number of hydrogen-bond acceptors (Lipinski definition) is 2. The summed E-state index contributed by atoms with van der Waals surface area (Å²) in [5.74, 6) is 2.21. The summed E-state index contributed by atoms with van der Waals surface area (Å²) in [6.45, 7) is 3.46. The Labute approximate surface area is 159 Å². The minimum absolute atomic E-state index is 0.0710. The predicted octanol–water partition coefficient (Wildman–Crippen LogP) is 1.32.